The Bertz CT molecular complexity index is 230. The Labute approximate surface area is 77.8 Å². The first-order chi connectivity index (χ1) is 5.38. The van der Waals surface area contributed by atoms with E-state index in [0.717, 1.165) is 11.3 Å². The summed E-state index contributed by atoms with van der Waals surface area (Å²) in [6.07, 6.45) is 0. The number of halogens is 1. The van der Waals surface area contributed by atoms with E-state index in [1.54, 1.807) is 7.11 Å². The Hall–Kier alpha value is -0.770. The van der Waals surface area contributed by atoms with Crippen molar-refractivity contribution >= 4 is 12.4 Å². The van der Waals surface area contributed by atoms with E-state index in [0.29, 0.717) is 6.61 Å². The third-order valence-electron chi connectivity index (χ3n) is 1.43. The van der Waals surface area contributed by atoms with Crippen LogP contribution in [-0.2, 0) is 11.4 Å². The zero-order valence-electron chi connectivity index (χ0n) is 6.82. The smallest absolute Gasteiger partial charge is 0.124 e. The summed E-state index contributed by atoms with van der Waals surface area (Å²) in [7, 11) is 1.62. The van der Waals surface area contributed by atoms with Crippen LogP contribution in [0.3, 0.4) is 0 Å². The van der Waals surface area contributed by atoms with Gasteiger partial charge in [-0.2, -0.15) is 0 Å². The summed E-state index contributed by atoms with van der Waals surface area (Å²) in [6, 6.07) is 7.59. The second-order valence-electron chi connectivity index (χ2n) is 2.12. The van der Waals surface area contributed by atoms with Crippen LogP contribution in [0.1, 0.15) is 5.56 Å². The van der Waals surface area contributed by atoms with Gasteiger partial charge in [-0.05, 0) is 6.07 Å². The predicted octanol–water partition coefficient (Wildman–Crippen LogP) is 1.51. The molecule has 0 aliphatic carbocycles. The fourth-order valence-corrected chi connectivity index (χ4v) is 0.912. The Morgan fingerprint density at radius 3 is 2.58 bits per heavy atom. The molecule has 68 valence electrons. The fourth-order valence-electron chi connectivity index (χ4n) is 0.912. The first-order valence-electron chi connectivity index (χ1n) is 3.32. The van der Waals surface area contributed by atoms with Gasteiger partial charge in [0.1, 0.15) is 5.75 Å². The summed E-state index contributed by atoms with van der Waals surface area (Å²) < 4.78 is 5.06. The highest BCUT2D eigenvalue weighted by Gasteiger charge is 1.98. The molecule has 0 saturated carbocycles. The lowest BCUT2D eigenvalue weighted by atomic mass is 10.2. The van der Waals surface area contributed by atoms with E-state index in [2.05, 4.69) is 4.84 Å². The molecule has 0 bridgehead atoms. The van der Waals surface area contributed by atoms with E-state index in [1.165, 1.54) is 0 Å². The van der Waals surface area contributed by atoms with Crippen LogP contribution in [0.15, 0.2) is 24.3 Å². The van der Waals surface area contributed by atoms with Gasteiger partial charge in [0, 0.05) is 5.56 Å². The van der Waals surface area contributed by atoms with Gasteiger partial charge in [0.05, 0.1) is 13.7 Å². The number of benzene rings is 1. The number of rotatable bonds is 3. The minimum Gasteiger partial charge on any atom is -0.496 e. The number of nitrogens with two attached hydrogens (primary N) is 1. The molecule has 0 heterocycles. The van der Waals surface area contributed by atoms with Gasteiger partial charge in [-0.25, -0.2) is 5.90 Å². The maximum absolute atomic E-state index is 5.06. The number of para-hydroxylation sites is 1. The number of methoxy groups -OCH3 is 1. The van der Waals surface area contributed by atoms with E-state index in [9.17, 15) is 0 Å². The van der Waals surface area contributed by atoms with Gasteiger partial charge in [-0.3, -0.25) is 4.84 Å². The molecule has 0 radical (unpaired) electrons. The van der Waals surface area contributed by atoms with Crippen LogP contribution < -0.4 is 10.6 Å². The van der Waals surface area contributed by atoms with Crippen molar-refractivity contribution in [2.24, 2.45) is 5.90 Å². The molecule has 0 saturated heterocycles. The van der Waals surface area contributed by atoms with Gasteiger partial charge in [0.25, 0.3) is 0 Å². The minimum atomic E-state index is 0. The number of hydrogen-bond acceptors (Lipinski definition) is 3. The van der Waals surface area contributed by atoms with Crippen molar-refractivity contribution in [2.45, 2.75) is 6.61 Å². The fraction of sp³-hybridized carbons (Fsp3) is 0.250. The molecule has 0 aliphatic heterocycles. The summed E-state index contributed by atoms with van der Waals surface area (Å²) >= 11 is 0. The number of hydrogen-bond donors (Lipinski definition) is 1. The monoisotopic (exact) mass is 189 g/mol. The van der Waals surface area contributed by atoms with Gasteiger partial charge in [-0.15, -0.1) is 12.4 Å². The summed E-state index contributed by atoms with van der Waals surface area (Å²) in [5.41, 5.74) is 0.956. The standard InChI is InChI=1S/C8H11NO2.ClH/c1-10-8-5-3-2-4-7(8)6-11-9;/h2-5H,6,9H2,1H3;1H. The van der Waals surface area contributed by atoms with Gasteiger partial charge in [0.15, 0.2) is 0 Å². The average Bonchev–Trinajstić information content (AvgIpc) is 2.06. The van der Waals surface area contributed by atoms with E-state index in [-0.39, 0.29) is 12.4 Å². The summed E-state index contributed by atoms with van der Waals surface area (Å²) in [5, 5.41) is 0. The molecule has 0 amide bonds. The lowest BCUT2D eigenvalue weighted by Gasteiger charge is -2.05. The molecule has 4 heteroatoms. The lowest BCUT2D eigenvalue weighted by molar-refractivity contribution is 0.122. The zero-order valence-corrected chi connectivity index (χ0v) is 7.64. The van der Waals surface area contributed by atoms with Crippen molar-refractivity contribution in [1.82, 2.24) is 0 Å². The van der Waals surface area contributed by atoms with E-state index in [4.69, 9.17) is 10.6 Å². The van der Waals surface area contributed by atoms with Crippen molar-refractivity contribution in [2.75, 3.05) is 7.11 Å². The largest absolute Gasteiger partial charge is 0.496 e. The van der Waals surface area contributed by atoms with Gasteiger partial charge < -0.3 is 4.74 Å². The quantitative estimate of drug-likeness (QED) is 0.734. The highest BCUT2D eigenvalue weighted by molar-refractivity contribution is 5.85. The molecule has 0 aromatic heterocycles. The molecule has 0 atom stereocenters. The van der Waals surface area contributed by atoms with Crippen LogP contribution in [-0.4, -0.2) is 7.11 Å². The zero-order chi connectivity index (χ0) is 8.10. The molecular formula is C8H12ClNO2. The molecule has 1 aromatic carbocycles. The molecule has 0 fully saturated rings. The molecule has 12 heavy (non-hydrogen) atoms. The molecule has 1 aromatic rings. The summed E-state index contributed by atoms with van der Waals surface area (Å²) in [5.74, 6) is 5.73. The highest BCUT2D eigenvalue weighted by atomic mass is 35.5. The Morgan fingerprint density at radius 2 is 2.00 bits per heavy atom. The van der Waals surface area contributed by atoms with Crippen LogP contribution in [0.2, 0.25) is 0 Å². The first-order valence-corrected chi connectivity index (χ1v) is 3.32. The van der Waals surface area contributed by atoms with Gasteiger partial charge >= 0.3 is 0 Å². The van der Waals surface area contributed by atoms with Gasteiger partial charge in [-0.1, -0.05) is 18.2 Å². The van der Waals surface area contributed by atoms with Crippen LogP contribution in [0.4, 0.5) is 0 Å². The van der Waals surface area contributed by atoms with E-state index in [1.807, 2.05) is 24.3 Å². The predicted molar refractivity (Wildman–Crippen MR) is 49.2 cm³/mol. The van der Waals surface area contributed by atoms with Crippen molar-refractivity contribution in [3.63, 3.8) is 0 Å². The molecule has 0 aliphatic rings. The molecule has 3 nitrogen and oxygen atoms in total. The van der Waals surface area contributed by atoms with E-state index < -0.39 is 0 Å². The average molecular weight is 190 g/mol. The molecular weight excluding hydrogens is 178 g/mol. The topological polar surface area (TPSA) is 44.5 Å². The maximum Gasteiger partial charge on any atom is 0.124 e. The minimum absolute atomic E-state index is 0. The maximum atomic E-state index is 5.06. The van der Waals surface area contributed by atoms with Crippen LogP contribution in [0.25, 0.3) is 0 Å². The first kappa shape index (κ1) is 11.2. The highest BCUT2D eigenvalue weighted by Crippen LogP contribution is 2.16. The Balaban J connectivity index is 0.00000121. The van der Waals surface area contributed by atoms with Crippen molar-refractivity contribution < 1.29 is 9.57 Å². The van der Waals surface area contributed by atoms with Crippen molar-refractivity contribution in [3.8, 4) is 5.75 Å². The Kier molecular flexibility index (Phi) is 5.45. The molecule has 2 N–H and O–H groups in total. The Morgan fingerprint density at radius 1 is 1.33 bits per heavy atom. The molecule has 0 unspecified atom stereocenters. The number of ether oxygens (including phenoxy) is 1. The molecule has 1 rings (SSSR count). The second-order valence-corrected chi connectivity index (χ2v) is 2.12. The summed E-state index contributed by atoms with van der Waals surface area (Å²) in [4.78, 5) is 4.49. The van der Waals surface area contributed by atoms with Crippen molar-refractivity contribution in [3.05, 3.63) is 29.8 Å². The SMILES string of the molecule is COc1ccccc1CON.Cl. The molecule has 0 spiro atoms. The summed E-state index contributed by atoms with van der Waals surface area (Å²) in [6.45, 7) is 0.379. The van der Waals surface area contributed by atoms with Crippen molar-refractivity contribution in [1.29, 1.82) is 0 Å². The van der Waals surface area contributed by atoms with Gasteiger partial charge in [0.2, 0.25) is 0 Å². The lowest BCUT2D eigenvalue weighted by Crippen LogP contribution is -2.00. The van der Waals surface area contributed by atoms with Crippen LogP contribution in [0, 0.1) is 0 Å². The normalized spacial score (nSPS) is 8.83. The van der Waals surface area contributed by atoms with Crippen LogP contribution in [0.5, 0.6) is 5.75 Å². The third kappa shape index (κ3) is 2.70. The third-order valence-corrected chi connectivity index (χ3v) is 1.43. The van der Waals surface area contributed by atoms with Crippen LogP contribution >= 0.6 is 12.4 Å². The second kappa shape index (κ2) is 5.83. The van der Waals surface area contributed by atoms with E-state index >= 15 is 0 Å².